The van der Waals surface area contributed by atoms with Crippen molar-refractivity contribution in [3.8, 4) is 23.5 Å². The first kappa shape index (κ1) is 11.7. The Hall–Kier alpha value is -2.78. The summed E-state index contributed by atoms with van der Waals surface area (Å²) in [5.74, 6) is 1.68. The second kappa shape index (κ2) is 5.03. The van der Waals surface area contributed by atoms with Crippen molar-refractivity contribution in [1.82, 2.24) is 0 Å². The molecule has 0 spiro atoms. The fourth-order valence-corrected chi connectivity index (χ4v) is 1.59. The maximum Gasteiger partial charge on any atom is 0.134 e. The van der Waals surface area contributed by atoms with Crippen molar-refractivity contribution >= 4 is 6.08 Å². The number of nitriles is 2. The van der Waals surface area contributed by atoms with E-state index in [0.29, 0.717) is 0 Å². The molecule has 0 N–H and O–H groups in total. The first-order chi connectivity index (χ1) is 8.72. The van der Waals surface area contributed by atoms with Crippen molar-refractivity contribution in [3.63, 3.8) is 0 Å². The van der Waals surface area contributed by atoms with Crippen LogP contribution in [0.4, 0.5) is 0 Å². The number of furan rings is 1. The predicted molar refractivity (Wildman–Crippen MR) is 68.1 cm³/mol. The fraction of sp³-hybridized carbons (Fsp3) is 0.0667. The van der Waals surface area contributed by atoms with Gasteiger partial charge in [-0.2, -0.15) is 10.5 Å². The van der Waals surface area contributed by atoms with Gasteiger partial charge >= 0.3 is 0 Å². The molecule has 0 aliphatic carbocycles. The van der Waals surface area contributed by atoms with E-state index in [-0.39, 0.29) is 5.57 Å². The van der Waals surface area contributed by atoms with Gasteiger partial charge < -0.3 is 4.42 Å². The molecule has 0 fully saturated rings. The summed E-state index contributed by atoms with van der Waals surface area (Å²) >= 11 is 0. The molecule has 0 saturated carbocycles. The molecule has 86 valence electrons. The Morgan fingerprint density at radius 2 is 1.72 bits per heavy atom. The molecule has 18 heavy (non-hydrogen) atoms. The lowest BCUT2D eigenvalue weighted by atomic mass is 10.1. The van der Waals surface area contributed by atoms with Crippen LogP contribution < -0.4 is 0 Å². The Morgan fingerprint density at radius 1 is 1.06 bits per heavy atom. The van der Waals surface area contributed by atoms with Crippen LogP contribution >= 0.6 is 0 Å². The summed E-state index contributed by atoms with van der Waals surface area (Å²) in [6.45, 7) is 1.90. The summed E-state index contributed by atoms with van der Waals surface area (Å²) in [6.07, 6.45) is 1.55. The van der Waals surface area contributed by atoms with Crippen LogP contribution in [0.2, 0.25) is 0 Å². The molecule has 0 aliphatic rings. The monoisotopic (exact) mass is 234 g/mol. The van der Waals surface area contributed by atoms with Crippen LogP contribution in [0.3, 0.4) is 0 Å². The number of allylic oxidation sites excluding steroid dienone is 1. The Balaban J connectivity index is 2.29. The van der Waals surface area contributed by atoms with Gasteiger partial charge in [0.25, 0.3) is 0 Å². The zero-order valence-electron chi connectivity index (χ0n) is 9.84. The number of hydrogen-bond donors (Lipinski definition) is 0. The molecule has 0 bridgehead atoms. The third-order valence-electron chi connectivity index (χ3n) is 2.49. The molecule has 0 amide bonds. The van der Waals surface area contributed by atoms with Crippen LogP contribution in [0.25, 0.3) is 17.4 Å². The molecule has 0 aliphatic heterocycles. The minimum atomic E-state index is 0.0941. The SMILES string of the molecule is Cc1ccc(-c2ccc(C=C(C#N)C#N)cc2)o1. The highest BCUT2D eigenvalue weighted by Gasteiger charge is 2.02. The number of aryl methyl sites for hydroxylation is 1. The van der Waals surface area contributed by atoms with E-state index >= 15 is 0 Å². The van der Waals surface area contributed by atoms with E-state index in [1.807, 2.05) is 55.5 Å². The third-order valence-corrected chi connectivity index (χ3v) is 2.49. The standard InChI is InChI=1S/C15H10N2O/c1-11-2-7-15(18-11)14-5-3-12(4-6-14)8-13(9-16)10-17/h2-8H,1H3. The third kappa shape index (κ3) is 2.48. The van der Waals surface area contributed by atoms with Crippen LogP contribution in [-0.4, -0.2) is 0 Å². The van der Waals surface area contributed by atoms with Gasteiger partial charge in [0.15, 0.2) is 0 Å². The van der Waals surface area contributed by atoms with Gasteiger partial charge in [-0.25, -0.2) is 0 Å². The molecular formula is C15H10N2O. The normalized spacial score (nSPS) is 9.28. The summed E-state index contributed by atoms with van der Waals surface area (Å²) in [4.78, 5) is 0. The number of rotatable bonds is 2. The van der Waals surface area contributed by atoms with Crippen molar-refractivity contribution in [1.29, 1.82) is 10.5 Å². The highest BCUT2D eigenvalue weighted by Crippen LogP contribution is 2.22. The molecule has 0 atom stereocenters. The van der Waals surface area contributed by atoms with Gasteiger partial charge in [0, 0.05) is 5.56 Å². The van der Waals surface area contributed by atoms with Crippen LogP contribution in [-0.2, 0) is 0 Å². The van der Waals surface area contributed by atoms with Gasteiger partial charge in [-0.3, -0.25) is 0 Å². The molecule has 0 unspecified atom stereocenters. The average molecular weight is 234 g/mol. The smallest absolute Gasteiger partial charge is 0.134 e. The predicted octanol–water partition coefficient (Wildman–Crippen LogP) is 3.69. The van der Waals surface area contributed by atoms with E-state index in [1.54, 1.807) is 6.08 Å². The number of hydrogen-bond acceptors (Lipinski definition) is 3. The van der Waals surface area contributed by atoms with Gasteiger partial charge in [0.05, 0.1) is 0 Å². The Morgan fingerprint density at radius 3 is 2.22 bits per heavy atom. The minimum absolute atomic E-state index is 0.0941. The molecule has 2 aromatic rings. The fourth-order valence-electron chi connectivity index (χ4n) is 1.59. The van der Waals surface area contributed by atoms with Crippen LogP contribution in [0.5, 0.6) is 0 Å². The average Bonchev–Trinajstić information content (AvgIpc) is 2.83. The second-order valence-electron chi connectivity index (χ2n) is 3.81. The highest BCUT2D eigenvalue weighted by atomic mass is 16.3. The molecule has 1 aromatic carbocycles. The van der Waals surface area contributed by atoms with E-state index < -0.39 is 0 Å². The molecule has 2 rings (SSSR count). The van der Waals surface area contributed by atoms with E-state index in [9.17, 15) is 0 Å². The van der Waals surface area contributed by atoms with Crippen molar-refractivity contribution in [2.24, 2.45) is 0 Å². The minimum Gasteiger partial charge on any atom is -0.461 e. The maximum absolute atomic E-state index is 8.67. The summed E-state index contributed by atoms with van der Waals surface area (Å²) in [6, 6.07) is 15.0. The lowest BCUT2D eigenvalue weighted by Crippen LogP contribution is -1.78. The number of nitrogens with zero attached hydrogens (tertiary/aromatic N) is 2. The van der Waals surface area contributed by atoms with E-state index in [1.165, 1.54) is 0 Å². The van der Waals surface area contributed by atoms with Gasteiger partial charge in [0.1, 0.15) is 29.2 Å². The summed E-state index contributed by atoms with van der Waals surface area (Å²) in [7, 11) is 0. The topological polar surface area (TPSA) is 60.7 Å². The van der Waals surface area contributed by atoms with Gasteiger partial charge in [-0.05, 0) is 30.7 Å². The first-order valence-electron chi connectivity index (χ1n) is 5.41. The Bertz CT molecular complexity index is 648. The zero-order chi connectivity index (χ0) is 13.0. The van der Waals surface area contributed by atoms with Crippen LogP contribution in [0, 0.1) is 29.6 Å². The van der Waals surface area contributed by atoms with Crippen molar-refractivity contribution in [2.45, 2.75) is 6.92 Å². The highest BCUT2D eigenvalue weighted by molar-refractivity contribution is 5.65. The lowest BCUT2D eigenvalue weighted by molar-refractivity contribution is 0.548. The molecule has 1 aromatic heterocycles. The van der Waals surface area contributed by atoms with Crippen LogP contribution in [0.1, 0.15) is 11.3 Å². The lowest BCUT2D eigenvalue weighted by Gasteiger charge is -1.98. The molecule has 0 radical (unpaired) electrons. The van der Waals surface area contributed by atoms with Crippen molar-refractivity contribution < 1.29 is 4.42 Å². The first-order valence-corrected chi connectivity index (χ1v) is 5.41. The molecule has 3 heteroatoms. The van der Waals surface area contributed by atoms with E-state index in [2.05, 4.69) is 0 Å². The van der Waals surface area contributed by atoms with Crippen LogP contribution in [0.15, 0.2) is 46.4 Å². The largest absolute Gasteiger partial charge is 0.461 e. The van der Waals surface area contributed by atoms with Crippen molar-refractivity contribution in [3.05, 3.63) is 53.3 Å². The Labute approximate surface area is 105 Å². The summed E-state index contributed by atoms with van der Waals surface area (Å²) < 4.78 is 5.51. The second-order valence-corrected chi connectivity index (χ2v) is 3.81. The maximum atomic E-state index is 8.67. The molecular weight excluding hydrogens is 224 g/mol. The Kier molecular flexibility index (Phi) is 3.27. The quantitative estimate of drug-likeness (QED) is 0.744. The van der Waals surface area contributed by atoms with Gasteiger partial charge in [0.2, 0.25) is 0 Å². The molecule has 1 heterocycles. The van der Waals surface area contributed by atoms with Gasteiger partial charge in [-0.15, -0.1) is 0 Å². The van der Waals surface area contributed by atoms with Crippen molar-refractivity contribution in [2.75, 3.05) is 0 Å². The number of benzene rings is 1. The van der Waals surface area contributed by atoms with E-state index in [0.717, 1.165) is 22.6 Å². The summed E-state index contributed by atoms with van der Waals surface area (Å²) in [5, 5.41) is 17.3. The molecule has 0 saturated heterocycles. The zero-order valence-corrected chi connectivity index (χ0v) is 9.84. The van der Waals surface area contributed by atoms with E-state index in [4.69, 9.17) is 14.9 Å². The summed E-state index contributed by atoms with van der Waals surface area (Å²) in [5.41, 5.74) is 1.88. The molecule has 3 nitrogen and oxygen atoms in total. The van der Waals surface area contributed by atoms with Gasteiger partial charge in [-0.1, -0.05) is 24.3 Å².